The Balaban J connectivity index is 1.36. The number of allylic oxidation sites excluding steroid dienone is 1. The van der Waals surface area contributed by atoms with Gasteiger partial charge in [-0.05, 0) is 85.3 Å². The Hall–Kier alpha value is -4.69. The van der Waals surface area contributed by atoms with Gasteiger partial charge >= 0.3 is 5.97 Å². The molecule has 0 saturated heterocycles. The van der Waals surface area contributed by atoms with Crippen LogP contribution in [0, 0.1) is 0 Å². The van der Waals surface area contributed by atoms with E-state index in [0.29, 0.717) is 6.61 Å². The fourth-order valence-corrected chi connectivity index (χ4v) is 6.80. The minimum absolute atomic E-state index is 0.354. The lowest BCUT2D eigenvalue weighted by Crippen LogP contribution is -2.23. The molecule has 0 heterocycles. The maximum Gasteiger partial charge on any atom is 0.330 e. The molecular formula is C37H28O2. The van der Waals surface area contributed by atoms with Crippen molar-refractivity contribution < 1.29 is 9.53 Å². The molecule has 0 N–H and O–H groups in total. The largest absolute Gasteiger partial charge is 0.463 e. The van der Waals surface area contributed by atoms with E-state index in [1.54, 1.807) is 0 Å². The number of hydrogen-bond acceptors (Lipinski definition) is 2. The van der Waals surface area contributed by atoms with E-state index in [2.05, 4.69) is 116 Å². The minimum atomic E-state index is -0.383. The first kappa shape index (κ1) is 23.4. The highest BCUT2D eigenvalue weighted by Gasteiger charge is 2.40. The van der Waals surface area contributed by atoms with E-state index in [-0.39, 0.29) is 11.4 Å². The molecule has 1 atom stereocenters. The summed E-state index contributed by atoms with van der Waals surface area (Å²) in [6.07, 6.45) is 4.82. The second-order valence-corrected chi connectivity index (χ2v) is 10.4. The topological polar surface area (TPSA) is 26.3 Å². The maximum absolute atomic E-state index is 11.6. The Morgan fingerprint density at radius 2 is 1.33 bits per heavy atom. The van der Waals surface area contributed by atoms with Crippen LogP contribution in [0.4, 0.5) is 0 Å². The molecule has 0 amide bonds. The number of fused-ring (bicyclic) bond motifs is 6. The lowest BCUT2D eigenvalue weighted by Gasteiger charge is -2.29. The fourth-order valence-electron chi connectivity index (χ4n) is 6.80. The Morgan fingerprint density at radius 1 is 0.692 bits per heavy atom. The number of esters is 1. The molecule has 2 aliphatic carbocycles. The van der Waals surface area contributed by atoms with Gasteiger partial charge in [-0.2, -0.15) is 0 Å². The van der Waals surface area contributed by atoms with Crippen LogP contribution in [0.1, 0.15) is 24.0 Å². The SMILES string of the molecule is C=CC(=O)OCCCC1(C=C)c2ccccc2-c2ccc(-c3ccc4c5c(cccc35)-c3ccccc3-4)cc21. The van der Waals surface area contributed by atoms with Gasteiger partial charge in [-0.3, -0.25) is 0 Å². The zero-order chi connectivity index (χ0) is 26.6. The van der Waals surface area contributed by atoms with Crippen LogP contribution in [0.2, 0.25) is 0 Å². The molecule has 0 radical (unpaired) electrons. The minimum Gasteiger partial charge on any atom is -0.463 e. The van der Waals surface area contributed by atoms with Crippen molar-refractivity contribution in [3.8, 4) is 44.5 Å². The number of hydrogen-bond donors (Lipinski definition) is 0. The summed E-state index contributed by atoms with van der Waals surface area (Å²) in [4.78, 5) is 11.6. The summed E-state index contributed by atoms with van der Waals surface area (Å²) in [6.45, 7) is 8.18. The predicted octanol–water partition coefficient (Wildman–Crippen LogP) is 9.12. The van der Waals surface area contributed by atoms with Gasteiger partial charge in [-0.25, -0.2) is 4.79 Å². The molecule has 0 saturated carbocycles. The van der Waals surface area contributed by atoms with Gasteiger partial charge in [0.2, 0.25) is 0 Å². The van der Waals surface area contributed by atoms with Crippen molar-refractivity contribution in [2.24, 2.45) is 0 Å². The number of rotatable bonds is 7. The molecule has 1 unspecified atom stereocenters. The van der Waals surface area contributed by atoms with Crippen LogP contribution >= 0.6 is 0 Å². The normalized spacial score (nSPS) is 15.9. The third kappa shape index (κ3) is 3.38. The first-order valence-electron chi connectivity index (χ1n) is 13.5. The lowest BCUT2D eigenvalue weighted by atomic mass is 9.74. The molecular weight excluding hydrogens is 476 g/mol. The van der Waals surface area contributed by atoms with Crippen molar-refractivity contribution in [3.05, 3.63) is 133 Å². The van der Waals surface area contributed by atoms with Crippen LogP contribution in [0.25, 0.3) is 55.3 Å². The molecule has 0 bridgehead atoms. The van der Waals surface area contributed by atoms with Crippen molar-refractivity contribution in [3.63, 3.8) is 0 Å². The number of carbonyl (C=O) groups excluding carboxylic acids is 1. The standard InChI is InChI=1S/C37H28O2/c1-3-35(38)39-22-10-21-37(4-2)33-16-8-7-13-28(33)29-18-17-24(23-34(29)37)25-19-20-32-27-12-6-5-11-26(27)31-15-9-14-30(25)36(31)32/h3-9,11-20,23H,1-2,10,21-22H2. The van der Waals surface area contributed by atoms with E-state index in [9.17, 15) is 4.79 Å². The first-order valence-corrected chi connectivity index (χ1v) is 13.5. The molecule has 2 nitrogen and oxygen atoms in total. The zero-order valence-corrected chi connectivity index (χ0v) is 21.7. The van der Waals surface area contributed by atoms with Crippen molar-refractivity contribution in [1.29, 1.82) is 0 Å². The molecule has 7 rings (SSSR count). The summed E-state index contributed by atoms with van der Waals surface area (Å²) in [5, 5.41) is 2.61. The first-order chi connectivity index (χ1) is 19.2. The Kier molecular flexibility index (Phi) is 5.38. The summed E-state index contributed by atoms with van der Waals surface area (Å²) in [5.41, 5.74) is 12.3. The van der Waals surface area contributed by atoms with Gasteiger partial charge in [0, 0.05) is 11.5 Å². The molecule has 188 valence electrons. The Bertz CT molecular complexity index is 1800. The van der Waals surface area contributed by atoms with E-state index < -0.39 is 0 Å². The van der Waals surface area contributed by atoms with Gasteiger partial charge in [0.05, 0.1) is 6.61 Å². The van der Waals surface area contributed by atoms with Crippen LogP contribution in [-0.2, 0) is 14.9 Å². The number of ether oxygens (including phenoxy) is 1. The average Bonchev–Trinajstić information content (AvgIpc) is 3.47. The van der Waals surface area contributed by atoms with E-state index in [0.717, 1.165) is 12.8 Å². The molecule has 0 fully saturated rings. The van der Waals surface area contributed by atoms with Gasteiger partial charge in [0.25, 0.3) is 0 Å². The summed E-state index contributed by atoms with van der Waals surface area (Å²) >= 11 is 0. The van der Waals surface area contributed by atoms with E-state index >= 15 is 0 Å². The monoisotopic (exact) mass is 504 g/mol. The Morgan fingerprint density at radius 3 is 2.10 bits per heavy atom. The van der Waals surface area contributed by atoms with Crippen molar-refractivity contribution in [1.82, 2.24) is 0 Å². The smallest absolute Gasteiger partial charge is 0.330 e. The highest BCUT2D eigenvalue weighted by molar-refractivity contribution is 6.18. The molecule has 2 heteroatoms. The van der Waals surface area contributed by atoms with Gasteiger partial charge in [-0.15, -0.1) is 6.58 Å². The second-order valence-electron chi connectivity index (χ2n) is 10.4. The highest BCUT2D eigenvalue weighted by Crippen LogP contribution is 2.54. The third-order valence-electron chi connectivity index (χ3n) is 8.53. The summed E-state index contributed by atoms with van der Waals surface area (Å²) in [7, 11) is 0. The fraction of sp³-hybridized carbons (Fsp3) is 0.108. The zero-order valence-electron chi connectivity index (χ0n) is 21.7. The molecule has 5 aromatic carbocycles. The van der Waals surface area contributed by atoms with Gasteiger partial charge in [-0.1, -0.05) is 104 Å². The summed E-state index contributed by atoms with van der Waals surface area (Å²) < 4.78 is 5.32. The molecule has 5 aromatic rings. The summed E-state index contributed by atoms with van der Waals surface area (Å²) in [5.74, 6) is -0.383. The van der Waals surface area contributed by atoms with Crippen molar-refractivity contribution in [2.75, 3.05) is 6.61 Å². The second kappa shape index (κ2) is 8.96. The third-order valence-corrected chi connectivity index (χ3v) is 8.53. The van der Waals surface area contributed by atoms with Gasteiger partial charge in [0.1, 0.15) is 0 Å². The van der Waals surface area contributed by atoms with Crippen LogP contribution < -0.4 is 0 Å². The van der Waals surface area contributed by atoms with Crippen LogP contribution in [0.5, 0.6) is 0 Å². The maximum atomic E-state index is 11.6. The summed E-state index contributed by atoms with van der Waals surface area (Å²) in [6, 6.07) is 35.4. The van der Waals surface area contributed by atoms with Crippen molar-refractivity contribution in [2.45, 2.75) is 18.3 Å². The molecule has 0 spiro atoms. The lowest BCUT2D eigenvalue weighted by molar-refractivity contribution is -0.137. The Labute approximate surface area is 228 Å². The number of carbonyl (C=O) groups is 1. The van der Waals surface area contributed by atoms with Crippen LogP contribution in [0.3, 0.4) is 0 Å². The van der Waals surface area contributed by atoms with Crippen molar-refractivity contribution >= 4 is 16.7 Å². The van der Waals surface area contributed by atoms with E-state index in [1.807, 2.05) is 0 Å². The molecule has 2 aliphatic rings. The van der Waals surface area contributed by atoms with Crippen LogP contribution in [0.15, 0.2) is 122 Å². The number of benzene rings is 5. The van der Waals surface area contributed by atoms with Gasteiger partial charge < -0.3 is 4.74 Å². The molecule has 0 aliphatic heterocycles. The molecule has 39 heavy (non-hydrogen) atoms. The van der Waals surface area contributed by atoms with E-state index in [1.165, 1.54) is 72.5 Å². The molecule has 0 aromatic heterocycles. The van der Waals surface area contributed by atoms with E-state index in [4.69, 9.17) is 4.74 Å². The average molecular weight is 505 g/mol. The van der Waals surface area contributed by atoms with Gasteiger partial charge in [0.15, 0.2) is 0 Å². The van der Waals surface area contributed by atoms with Crippen LogP contribution in [-0.4, -0.2) is 12.6 Å². The predicted molar refractivity (Wildman–Crippen MR) is 161 cm³/mol. The quantitative estimate of drug-likeness (QED) is 0.0938. The highest BCUT2D eigenvalue weighted by atomic mass is 16.5.